The van der Waals surface area contributed by atoms with Crippen LogP contribution in [0.1, 0.15) is 0 Å². The highest BCUT2D eigenvalue weighted by Crippen LogP contribution is 2.31. The molecule has 2 aromatic rings. The average Bonchev–Trinajstić information content (AvgIpc) is 2.45. The number of phenols is 2. The van der Waals surface area contributed by atoms with Crippen LogP contribution in [0.25, 0.3) is 11.0 Å². The molecule has 1 aromatic carbocycles. The summed E-state index contributed by atoms with van der Waals surface area (Å²) in [5.74, 6) is 0.161. The smallest absolute Gasteiger partial charge is 0.179 e. The molecule has 0 amide bonds. The standard InChI is InChI=1S/C8H6O3/c9-6-1-2-7(10)8-5(6)3-4-11-8/h1-4,9-10H. The van der Waals surface area contributed by atoms with Gasteiger partial charge in [0.05, 0.1) is 11.6 Å². The molecule has 2 rings (SSSR count). The van der Waals surface area contributed by atoms with Crippen LogP contribution in [-0.2, 0) is 0 Å². The summed E-state index contributed by atoms with van der Waals surface area (Å²) >= 11 is 0. The van der Waals surface area contributed by atoms with E-state index in [1.807, 2.05) is 0 Å². The summed E-state index contributed by atoms with van der Waals surface area (Å²) in [5.41, 5.74) is 0.324. The van der Waals surface area contributed by atoms with Gasteiger partial charge in [-0.1, -0.05) is 0 Å². The topological polar surface area (TPSA) is 53.6 Å². The number of furan rings is 1. The normalized spacial score (nSPS) is 10.5. The third-order valence-corrected chi connectivity index (χ3v) is 1.57. The van der Waals surface area contributed by atoms with Crippen molar-refractivity contribution in [2.45, 2.75) is 0 Å². The second-order valence-corrected chi connectivity index (χ2v) is 2.27. The molecule has 2 N–H and O–H groups in total. The number of phenolic OH excluding ortho intramolecular Hbond substituents is 2. The number of aromatic hydroxyl groups is 2. The van der Waals surface area contributed by atoms with E-state index in [0.29, 0.717) is 11.0 Å². The Morgan fingerprint density at radius 3 is 2.45 bits per heavy atom. The van der Waals surface area contributed by atoms with E-state index in [1.54, 1.807) is 6.07 Å². The van der Waals surface area contributed by atoms with Gasteiger partial charge < -0.3 is 14.6 Å². The summed E-state index contributed by atoms with van der Waals surface area (Å²) in [7, 11) is 0. The molecule has 0 bridgehead atoms. The van der Waals surface area contributed by atoms with Crippen LogP contribution in [0.3, 0.4) is 0 Å². The van der Waals surface area contributed by atoms with E-state index in [2.05, 4.69) is 0 Å². The molecule has 0 aliphatic heterocycles. The van der Waals surface area contributed by atoms with Gasteiger partial charge in [-0.25, -0.2) is 0 Å². The maximum atomic E-state index is 9.21. The molecule has 1 aromatic heterocycles. The van der Waals surface area contributed by atoms with E-state index >= 15 is 0 Å². The zero-order chi connectivity index (χ0) is 7.84. The van der Waals surface area contributed by atoms with Crippen molar-refractivity contribution in [2.75, 3.05) is 0 Å². The van der Waals surface area contributed by atoms with E-state index in [1.165, 1.54) is 18.4 Å². The van der Waals surface area contributed by atoms with Gasteiger partial charge in [-0.3, -0.25) is 0 Å². The largest absolute Gasteiger partial charge is 0.507 e. The van der Waals surface area contributed by atoms with Crippen LogP contribution < -0.4 is 0 Å². The lowest BCUT2D eigenvalue weighted by atomic mass is 10.2. The monoisotopic (exact) mass is 150 g/mol. The first-order chi connectivity index (χ1) is 5.29. The summed E-state index contributed by atoms with van der Waals surface area (Å²) in [6.45, 7) is 0. The van der Waals surface area contributed by atoms with Gasteiger partial charge in [0.1, 0.15) is 5.75 Å². The number of benzene rings is 1. The Morgan fingerprint density at radius 1 is 1.00 bits per heavy atom. The van der Waals surface area contributed by atoms with Crippen LogP contribution in [0.15, 0.2) is 28.9 Å². The van der Waals surface area contributed by atoms with Gasteiger partial charge >= 0.3 is 0 Å². The summed E-state index contributed by atoms with van der Waals surface area (Å²) in [5, 5.41) is 18.9. The minimum Gasteiger partial charge on any atom is -0.507 e. The summed E-state index contributed by atoms with van der Waals surface area (Å²) in [6.07, 6.45) is 1.42. The van der Waals surface area contributed by atoms with Crippen molar-refractivity contribution >= 4 is 11.0 Å². The van der Waals surface area contributed by atoms with Gasteiger partial charge in [0.2, 0.25) is 0 Å². The van der Waals surface area contributed by atoms with E-state index in [9.17, 15) is 10.2 Å². The van der Waals surface area contributed by atoms with Crippen LogP contribution in [0.2, 0.25) is 0 Å². The van der Waals surface area contributed by atoms with Crippen molar-refractivity contribution in [2.24, 2.45) is 0 Å². The number of hydrogen-bond donors (Lipinski definition) is 2. The number of hydrogen-bond acceptors (Lipinski definition) is 3. The molecule has 0 aliphatic rings. The van der Waals surface area contributed by atoms with E-state index in [-0.39, 0.29) is 11.5 Å². The van der Waals surface area contributed by atoms with Gasteiger partial charge in [0.15, 0.2) is 11.3 Å². The third kappa shape index (κ3) is 0.741. The summed E-state index contributed by atoms with van der Waals surface area (Å²) in [6, 6.07) is 4.42. The fourth-order valence-corrected chi connectivity index (χ4v) is 1.03. The molecule has 11 heavy (non-hydrogen) atoms. The highest BCUT2D eigenvalue weighted by Gasteiger charge is 2.05. The van der Waals surface area contributed by atoms with Crippen molar-refractivity contribution in [1.82, 2.24) is 0 Å². The van der Waals surface area contributed by atoms with Crippen molar-refractivity contribution < 1.29 is 14.6 Å². The van der Waals surface area contributed by atoms with E-state index < -0.39 is 0 Å². The molecule has 3 nitrogen and oxygen atoms in total. The molecule has 3 heteroatoms. The highest BCUT2D eigenvalue weighted by atomic mass is 16.3. The molecule has 0 unspecified atom stereocenters. The predicted octanol–water partition coefficient (Wildman–Crippen LogP) is 1.84. The summed E-state index contributed by atoms with van der Waals surface area (Å²) in [4.78, 5) is 0. The minimum atomic E-state index is 0.0443. The second kappa shape index (κ2) is 1.92. The van der Waals surface area contributed by atoms with Crippen LogP contribution in [0, 0.1) is 0 Å². The first kappa shape index (κ1) is 6.09. The lowest BCUT2D eigenvalue weighted by Gasteiger charge is -1.94. The van der Waals surface area contributed by atoms with Crippen LogP contribution in [-0.4, -0.2) is 10.2 Å². The molecule has 1 heterocycles. The quantitative estimate of drug-likeness (QED) is 0.563. The fourth-order valence-electron chi connectivity index (χ4n) is 1.03. The summed E-state index contributed by atoms with van der Waals surface area (Å²) < 4.78 is 4.92. The Bertz CT molecular complexity index is 353. The Hall–Kier alpha value is -1.64. The third-order valence-electron chi connectivity index (χ3n) is 1.57. The zero-order valence-corrected chi connectivity index (χ0v) is 5.61. The molecule has 0 radical (unpaired) electrons. The van der Waals surface area contributed by atoms with Crippen LogP contribution >= 0.6 is 0 Å². The Morgan fingerprint density at radius 2 is 1.73 bits per heavy atom. The Labute approximate surface area is 62.5 Å². The lowest BCUT2D eigenvalue weighted by Crippen LogP contribution is -1.67. The molecule has 0 saturated heterocycles. The molecular formula is C8H6O3. The SMILES string of the molecule is Oc1ccc(O)c2occc12. The maximum Gasteiger partial charge on any atom is 0.179 e. The van der Waals surface area contributed by atoms with Crippen molar-refractivity contribution in [3.8, 4) is 11.5 Å². The van der Waals surface area contributed by atoms with Gasteiger partial charge in [0.25, 0.3) is 0 Å². The van der Waals surface area contributed by atoms with Gasteiger partial charge in [-0.2, -0.15) is 0 Å². The molecule has 0 atom stereocenters. The Kier molecular flexibility index (Phi) is 1.06. The highest BCUT2D eigenvalue weighted by molar-refractivity contribution is 5.88. The number of fused-ring (bicyclic) bond motifs is 1. The average molecular weight is 150 g/mol. The molecule has 56 valence electrons. The van der Waals surface area contributed by atoms with Crippen molar-refractivity contribution in [3.63, 3.8) is 0 Å². The fraction of sp³-hybridized carbons (Fsp3) is 0. The zero-order valence-electron chi connectivity index (χ0n) is 5.61. The van der Waals surface area contributed by atoms with Gasteiger partial charge in [-0.05, 0) is 18.2 Å². The molecule has 0 aliphatic carbocycles. The second-order valence-electron chi connectivity index (χ2n) is 2.27. The van der Waals surface area contributed by atoms with E-state index in [0.717, 1.165) is 0 Å². The maximum absolute atomic E-state index is 9.21. The van der Waals surface area contributed by atoms with Crippen LogP contribution in [0.5, 0.6) is 11.5 Å². The molecule has 0 fully saturated rings. The van der Waals surface area contributed by atoms with Gasteiger partial charge in [-0.15, -0.1) is 0 Å². The Balaban J connectivity index is 2.96. The van der Waals surface area contributed by atoms with E-state index in [4.69, 9.17) is 4.42 Å². The number of rotatable bonds is 0. The predicted molar refractivity (Wildman–Crippen MR) is 39.5 cm³/mol. The minimum absolute atomic E-state index is 0.0443. The van der Waals surface area contributed by atoms with Crippen LogP contribution in [0.4, 0.5) is 0 Å². The van der Waals surface area contributed by atoms with Crippen molar-refractivity contribution in [3.05, 3.63) is 24.5 Å². The first-order valence-electron chi connectivity index (χ1n) is 3.17. The molecule has 0 saturated carbocycles. The molecular weight excluding hydrogens is 144 g/mol. The lowest BCUT2D eigenvalue weighted by molar-refractivity contribution is 0.457. The van der Waals surface area contributed by atoms with Gasteiger partial charge in [0, 0.05) is 0 Å². The van der Waals surface area contributed by atoms with Crippen molar-refractivity contribution in [1.29, 1.82) is 0 Å². The first-order valence-corrected chi connectivity index (χ1v) is 3.17. The molecule has 0 spiro atoms.